The van der Waals surface area contributed by atoms with E-state index in [4.69, 9.17) is 0 Å². The van der Waals surface area contributed by atoms with E-state index in [0.717, 1.165) is 21.6 Å². The molecule has 0 radical (unpaired) electrons. The van der Waals surface area contributed by atoms with Crippen LogP contribution in [0.3, 0.4) is 0 Å². The van der Waals surface area contributed by atoms with Gasteiger partial charge in [-0.3, -0.25) is 5.32 Å². The van der Waals surface area contributed by atoms with Crippen LogP contribution in [-0.4, -0.2) is 17.3 Å². The van der Waals surface area contributed by atoms with E-state index in [1.165, 1.54) is 0 Å². The van der Waals surface area contributed by atoms with Crippen molar-refractivity contribution in [3.63, 3.8) is 0 Å². The molecule has 2 rings (SSSR count). The minimum atomic E-state index is -0.711. The van der Waals surface area contributed by atoms with Crippen molar-refractivity contribution in [1.29, 1.82) is 5.26 Å². The topological polar surface area (TPSA) is 48.7 Å². The third kappa shape index (κ3) is 3.85. The first-order valence-corrected chi connectivity index (χ1v) is 8.45. The highest BCUT2D eigenvalue weighted by molar-refractivity contribution is 9.10. The molecule has 5 heteroatoms. The van der Waals surface area contributed by atoms with Crippen LogP contribution in [0, 0.1) is 11.3 Å². The molecule has 2 aromatic rings. The zero-order valence-corrected chi connectivity index (χ0v) is 14.1. The van der Waals surface area contributed by atoms with Crippen molar-refractivity contribution in [2.45, 2.75) is 17.5 Å². The number of pyridine rings is 1. The van der Waals surface area contributed by atoms with Crippen LogP contribution >= 0.6 is 27.7 Å². The van der Waals surface area contributed by atoms with Gasteiger partial charge < -0.3 is 0 Å². The quantitative estimate of drug-likeness (QED) is 0.790. The molecule has 0 aliphatic rings. The summed E-state index contributed by atoms with van der Waals surface area (Å²) < 4.78 is 0.950. The minimum absolute atomic E-state index is 0.594. The molecular weight excluding hydrogens is 346 g/mol. The Balaban J connectivity index is 2.26. The molecular formula is C16H16BrN3S. The second kappa shape index (κ2) is 7.60. The summed E-state index contributed by atoms with van der Waals surface area (Å²) in [7, 11) is 0. The highest BCUT2D eigenvalue weighted by Gasteiger charge is 2.31. The number of hydrogen-bond donors (Lipinski definition) is 1. The van der Waals surface area contributed by atoms with Gasteiger partial charge in [-0.1, -0.05) is 37.3 Å². The molecule has 1 aromatic carbocycles. The van der Waals surface area contributed by atoms with E-state index >= 15 is 0 Å². The molecule has 3 nitrogen and oxygen atoms in total. The van der Waals surface area contributed by atoms with Gasteiger partial charge in [0.2, 0.25) is 0 Å². The number of nitrogens with one attached hydrogen (secondary N) is 1. The van der Waals surface area contributed by atoms with E-state index in [1.54, 1.807) is 18.0 Å². The number of hydrogen-bond acceptors (Lipinski definition) is 4. The van der Waals surface area contributed by atoms with Gasteiger partial charge in [-0.15, -0.1) is 11.8 Å². The Morgan fingerprint density at radius 2 is 2.05 bits per heavy atom. The van der Waals surface area contributed by atoms with Gasteiger partial charge in [0.1, 0.15) is 10.6 Å². The van der Waals surface area contributed by atoms with Crippen LogP contribution in [0.5, 0.6) is 0 Å². The molecule has 1 N–H and O–H groups in total. The lowest BCUT2D eigenvalue weighted by Crippen LogP contribution is -2.43. The highest BCUT2D eigenvalue weighted by Crippen LogP contribution is 2.31. The van der Waals surface area contributed by atoms with E-state index < -0.39 is 5.54 Å². The van der Waals surface area contributed by atoms with Crippen molar-refractivity contribution in [2.75, 3.05) is 12.3 Å². The second-order valence-electron chi connectivity index (χ2n) is 4.49. The summed E-state index contributed by atoms with van der Waals surface area (Å²) in [6.07, 6.45) is 1.76. The second-order valence-corrected chi connectivity index (χ2v) is 6.31. The Morgan fingerprint density at radius 3 is 2.67 bits per heavy atom. The van der Waals surface area contributed by atoms with Crippen LogP contribution in [0.2, 0.25) is 0 Å². The van der Waals surface area contributed by atoms with Crippen molar-refractivity contribution in [3.05, 3.63) is 58.7 Å². The maximum absolute atomic E-state index is 9.75. The summed E-state index contributed by atoms with van der Waals surface area (Å²) in [6.45, 7) is 2.74. The third-order valence-corrected chi connectivity index (χ3v) is 5.16. The monoisotopic (exact) mass is 361 g/mol. The number of halogens is 1. The van der Waals surface area contributed by atoms with Crippen molar-refractivity contribution in [2.24, 2.45) is 0 Å². The smallest absolute Gasteiger partial charge is 0.141 e. The molecule has 0 saturated carbocycles. The van der Waals surface area contributed by atoms with Crippen LogP contribution in [0.1, 0.15) is 12.5 Å². The predicted molar refractivity (Wildman–Crippen MR) is 90.1 cm³/mol. The molecule has 0 saturated heterocycles. The van der Waals surface area contributed by atoms with Gasteiger partial charge in [-0.25, -0.2) is 4.98 Å². The van der Waals surface area contributed by atoms with E-state index in [9.17, 15) is 5.26 Å². The van der Waals surface area contributed by atoms with Crippen LogP contribution in [0.4, 0.5) is 0 Å². The van der Waals surface area contributed by atoms with Gasteiger partial charge in [0.05, 0.1) is 6.07 Å². The van der Waals surface area contributed by atoms with E-state index in [0.29, 0.717) is 5.75 Å². The average Bonchev–Trinajstić information content (AvgIpc) is 2.54. The number of nitriles is 1. The minimum Gasteiger partial charge on any atom is -0.295 e. The fourth-order valence-electron chi connectivity index (χ4n) is 2.05. The average molecular weight is 362 g/mol. The van der Waals surface area contributed by atoms with Gasteiger partial charge >= 0.3 is 0 Å². The molecule has 1 heterocycles. The standard InChI is InChI=1S/C16H16BrN3S/c1-2-20-16(11-18,13-7-4-3-5-8-13)12-21-15-14(17)9-6-10-19-15/h3-10,20H,2,12H2,1H3. The first-order chi connectivity index (χ1) is 10.2. The summed E-state index contributed by atoms with van der Waals surface area (Å²) >= 11 is 5.06. The lowest BCUT2D eigenvalue weighted by atomic mass is 9.93. The highest BCUT2D eigenvalue weighted by atomic mass is 79.9. The van der Waals surface area contributed by atoms with Crippen LogP contribution in [0.15, 0.2) is 58.2 Å². The zero-order chi connectivity index (χ0) is 15.1. The largest absolute Gasteiger partial charge is 0.295 e. The van der Waals surface area contributed by atoms with Crippen molar-refractivity contribution in [3.8, 4) is 6.07 Å². The first kappa shape index (κ1) is 16.0. The predicted octanol–water partition coefficient (Wildman–Crippen LogP) is 3.96. The van der Waals surface area contributed by atoms with Gasteiger partial charge in [0.15, 0.2) is 0 Å². The molecule has 0 spiro atoms. The summed E-state index contributed by atoms with van der Waals surface area (Å²) in [6, 6.07) is 16.1. The maximum Gasteiger partial charge on any atom is 0.141 e. The summed E-state index contributed by atoms with van der Waals surface area (Å²) in [5.41, 5.74) is 0.270. The fraction of sp³-hybridized carbons (Fsp3) is 0.250. The summed E-state index contributed by atoms with van der Waals surface area (Å²) in [5, 5.41) is 14.0. The molecule has 1 atom stereocenters. The Hall–Kier alpha value is -1.35. The molecule has 0 aliphatic heterocycles. The van der Waals surface area contributed by atoms with Gasteiger partial charge in [-0.2, -0.15) is 5.26 Å². The SMILES string of the molecule is CCNC(C#N)(CSc1ncccc1Br)c1ccccc1. The molecule has 0 fully saturated rings. The Morgan fingerprint density at radius 1 is 1.29 bits per heavy atom. The number of nitrogens with zero attached hydrogens (tertiary/aromatic N) is 2. The molecule has 1 aromatic heterocycles. The molecule has 21 heavy (non-hydrogen) atoms. The lowest BCUT2D eigenvalue weighted by Gasteiger charge is -2.27. The van der Waals surface area contributed by atoms with Crippen LogP contribution < -0.4 is 5.32 Å². The molecule has 0 bridgehead atoms. The Kier molecular flexibility index (Phi) is 5.80. The molecule has 0 aliphatic carbocycles. The normalized spacial score (nSPS) is 13.4. The Labute approximate surface area is 137 Å². The van der Waals surface area contributed by atoms with Crippen molar-refractivity contribution >= 4 is 27.7 Å². The summed E-state index contributed by atoms with van der Waals surface area (Å²) in [5.74, 6) is 0.594. The van der Waals surface area contributed by atoms with Crippen molar-refractivity contribution in [1.82, 2.24) is 10.3 Å². The van der Waals surface area contributed by atoms with Gasteiger partial charge in [0, 0.05) is 16.4 Å². The third-order valence-electron chi connectivity index (χ3n) is 3.09. The number of thioether (sulfide) groups is 1. The lowest BCUT2D eigenvalue weighted by molar-refractivity contribution is 0.490. The van der Waals surface area contributed by atoms with Crippen LogP contribution in [-0.2, 0) is 5.54 Å². The Bertz CT molecular complexity index is 627. The van der Waals surface area contributed by atoms with E-state index in [-0.39, 0.29) is 0 Å². The van der Waals surface area contributed by atoms with Gasteiger partial charge in [-0.05, 0) is 40.2 Å². The summed E-state index contributed by atoms with van der Waals surface area (Å²) in [4.78, 5) is 4.35. The number of aromatic nitrogens is 1. The van der Waals surface area contributed by atoms with E-state index in [2.05, 4.69) is 32.3 Å². The first-order valence-electron chi connectivity index (χ1n) is 6.67. The van der Waals surface area contributed by atoms with Gasteiger partial charge in [0.25, 0.3) is 0 Å². The maximum atomic E-state index is 9.75. The molecule has 108 valence electrons. The molecule has 1 unspecified atom stereocenters. The number of rotatable bonds is 6. The number of benzene rings is 1. The zero-order valence-electron chi connectivity index (χ0n) is 11.7. The van der Waals surface area contributed by atoms with Crippen molar-refractivity contribution < 1.29 is 0 Å². The molecule has 0 amide bonds. The van der Waals surface area contributed by atoms with Crippen LogP contribution in [0.25, 0.3) is 0 Å². The van der Waals surface area contributed by atoms with E-state index in [1.807, 2.05) is 49.4 Å². The fourth-order valence-corrected chi connectivity index (χ4v) is 3.68.